The van der Waals surface area contributed by atoms with E-state index >= 15 is 0 Å². The molecule has 6 heteroatoms. The van der Waals surface area contributed by atoms with Gasteiger partial charge in [-0.15, -0.1) is 0 Å². The van der Waals surface area contributed by atoms with Crippen LogP contribution in [0.15, 0.2) is 48.5 Å². The average Bonchev–Trinajstić information content (AvgIpc) is 2.75. The first-order valence-electron chi connectivity index (χ1n) is 9.53. The van der Waals surface area contributed by atoms with Crippen LogP contribution in [0.5, 0.6) is 11.5 Å². The number of hydrogen-bond donors (Lipinski definition) is 0. The fraction of sp³-hybridized carbons (Fsp3) is 0.364. The van der Waals surface area contributed by atoms with Crippen molar-refractivity contribution in [2.45, 2.75) is 13.3 Å². The summed E-state index contributed by atoms with van der Waals surface area (Å²) in [4.78, 5) is 28.8. The summed E-state index contributed by atoms with van der Waals surface area (Å²) in [5, 5.41) is 0. The molecule has 1 fully saturated rings. The number of benzene rings is 2. The van der Waals surface area contributed by atoms with Gasteiger partial charge in [0.15, 0.2) is 0 Å². The van der Waals surface area contributed by atoms with Crippen molar-refractivity contribution in [1.82, 2.24) is 9.80 Å². The lowest BCUT2D eigenvalue weighted by Crippen LogP contribution is -2.51. The molecule has 0 bridgehead atoms. The molecule has 1 heterocycles. The van der Waals surface area contributed by atoms with Gasteiger partial charge in [0.2, 0.25) is 5.91 Å². The number of methoxy groups -OCH3 is 1. The van der Waals surface area contributed by atoms with Crippen molar-refractivity contribution in [2.75, 3.05) is 39.9 Å². The van der Waals surface area contributed by atoms with Crippen molar-refractivity contribution in [3.05, 3.63) is 59.7 Å². The van der Waals surface area contributed by atoms with Crippen molar-refractivity contribution in [3.63, 3.8) is 0 Å². The molecule has 6 nitrogen and oxygen atoms in total. The van der Waals surface area contributed by atoms with Crippen LogP contribution in [0, 0.1) is 0 Å². The van der Waals surface area contributed by atoms with Crippen molar-refractivity contribution < 1.29 is 19.1 Å². The van der Waals surface area contributed by atoms with Gasteiger partial charge in [-0.05, 0) is 48.9 Å². The third kappa shape index (κ3) is 4.82. The number of nitrogens with zero attached hydrogens (tertiary/aromatic N) is 2. The normalized spacial score (nSPS) is 13.9. The number of ether oxygens (including phenoxy) is 2. The van der Waals surface area contributed by atoms with Gasteiger partial charge in [0.05, 0.1) is 20.1 Å². The van der Waals surface area contributed by atoms with Crippen LogP contribution in [0.1, 0.15) is 22.8 Å². The van der Waals surface area contributed by atoms with Crippen LogP contribution in [-0.4, -0.2) is 61.5 Å². The fourth-order valence-electron chi connectivity index (χ4n) is 3.23. The highest BCUT2D eigenvalue weighted by molar-refractivity contribution is 5.94. The molecule has 0 N–H and O–H groups in total. The van der Waals surface area contributed by atoms with Gasteiger partial charge in [-0.25, -0.2) is 0 Å². The van der Waals surface area contributed by atoms with Crippen LogP contribution in [0.4, 0.5) is 0 Å². The van der Waals surface area contributed by atoms with Crippen molar-refractivity contribution in [3.8, 4) is 11.5 Å². The Labute approximate surface area is 165 Å². The molecule has 28 heavy (non-hydrogen) atoms. The highest BCUT2D eigenvalue weighted by Gasteiger charge is 2.24. The first-order valence-corrected chi connectivity index (χ1v) is 9.53. The summed E-state index contributed by atoms with van der Waals surface area (Å²) in [7, 11) is 1.60. The van der Waals surface area contributed by atoms with Crippen LogP contribution < -0.4 is 9.47 Å². The molecule has 1 saturated heterocycles. The van der Waals surface area contributed by atoms with E-state index < -0.39 is 0 Å². The smallest absolute Gasteiger partial charge is 0.253 e. The average molecular weight is 382 g/mol. The second-order valence-electron chi connectivity index (χ2n) is 6.66. The Bertz CT molecular complexity index is 794. The highest BCUT2D eigenvalue weighted by Crippen LogP contribution is 2.16. The lowest BCUT2D eigenvalue weighted by molar-refractivity contribution is -0.131. The Morgan fingerprint density at radius 2 is 1.43 bits per heavy atom. The van der Waals surface area contributed by atoms with Gasteiger partial charge in [-0.3, -0.25) is 9.59 Å². The summed E-state index contributed by atoms with van der Waals surface area (Å²) < 4.78 is 10.6. The quantitative estimate of drug-likeness (QED) is 0.771. The van der Waals surface area contributed by atoms with E-state index in [-0.39, 0.29) is 11.8 Å². The lowest BCUT2D eigenvalue weighted by atomic mass is 10.1. The minimum absolute atomic E-state index is 0.0127. The molecule has 3 rings (SSSR count). The zero-order valence-corrected chi connectivity index (χ0v) is 16.4. The molecule has 0 unspecified atom stereocenters. The molecule has 0 saturated carbocycles. The molecule has 0 atom stereocenters. The predicted octanol–water partition coefficient (Wildman–Crippen LogP) is 2.62. The van der Waals surface area contributed by atoms with Gasteiger partial charge in [-0.1, -0.05) is 12.1 Å². The largest absolute Gasteiger partial charge is 0.497 e. The van der Waals surface area contributed by atoms with Crippen molar-refractivity contribution in [1.29, 1.82) is 0 Å². The molecule has 2 aromatic carbocycles. The van der Waals surface area contributed by atoms with E-state index in [9.17, 15) is 9.59 Å². The van der Waals surface area contributed by atoms with E-state index in [1.54, 1.807) is 36.3 Å². The Hall–Kier alpha value is -3.02. The molecule has 1 aliphatic rings. The number of rotatable bonds is 6. The molecule has 1 aliphatic heterocycles. The van der Waals surface area contributed by atoms with E-state index in [1.165, 1.54) is 0 Å². The summed E-state index contributed by atoms with van der Waals surface area (Å²) in [6.45, 7) is 4.75. The number of carbonyl (C=O) groups is 2. The summed E-state index contributed by atoms with van der Waals surface area (Å²) >= 11 is 0. The van der Waals surface area contributed by atoms with E-state index in [1.807, 2.05) is 36.1 Å². The first-order chi connectivity index (χ1) is 13.6. The lowest BCUT2D eigenvalue weighted by Gasteiger charge is -2.35. The Kier molecular flexibility index (Phi) is 6.53. The summed E-state index contributed by atoms with van der Waals surface area (Å²) in [6, 6.07) is 14.7. The van der Waals surface area contributed by atoms with Crippen LogP contribution >= 0.6 is 0 Å². The van der Waals surface area contributed by atoms with E-state index in [0.717, 1.165) is 17.1 Å². The number of carbonyl (C=O) groups excluding carboxylic acids is 2. The molecular formula is C22H26N2O4. The van der Waals surface area contributed by atoms with Crippen LogP contribution in [-0.2, 0) is 11.2 Å². The number of piperazine rings is 1. The third-order valence-electron chi connectivity index (χ3n) is 4.85. The number of hydrogen-bond acceptors (Lipinski definition) is 4. The zero-order chi connectivity index (χ0) is 19.9. The maximum Gasteiger partial charge on any atom is 0.253 e. The molecule has 0 aliphatic carbocycles. The SMILES string of the molecule is CCOc1ccc(CC(=O)N2CCN(C(=O)c3ccc(OC)cc3)CC2)cc1. The highest BCUT2D eigenvalue weighted by atomic mass is 16.5. The predicted molar refractivity (Wildman–Crippen MR) is 107 cm³/mol. The van der Waals surface area contributed by atoms with E-state index in [4.69, 9.17) is 9.47 Å². The molecule has 0 spiro atoms. The molecule has 148 valence electrons. The number of amides is 2. The third-order valence-corrected chi connectivity index (χ3v) is 4.85. The molecule has 2 aromatic rings. The maximum absolute atomic E-state index is 12.6. The zero-order valence-electron chi connectivity index (χ0n) is 16.4. The minimum Gasteiger partial charge on any atom is -0.497 e. The second kappa shape index (κ2) is 9.26. The van der Waals surface area contributed by atoms with Gasteiger partial charge in [0, 0.05) is 31.7 Å². The summed E-state index contributed by atoms with van der Waals surface area (Å²) in [5.41, 5.74) is 1.60. The molecular weight excluding hydrogens is 356 g/mol. The van der Waals surface area contributed by atoms with Crippen LogP contribution in [0.25, 0.3) is 0 Å². The van der Waals surface area contributed by atoms with Crippen LogP contribution in [0.2, 0.25) is 0 Å². The second-order valence-corrected chi connectivity index (χ2v) is 6.66. The minimum atomic E-state index is -0.0127. The standard InChI is InChI=1S/C22H26N2O4/c1-3-28-20-8-4-17(5-9-20)16-21(25)23-12-14-24(15-13-23)22(26)18-6-10-19(27-2)11-7-18/h4-11H,3,12-16H2,1-2H3. The summed E-state index contributed by atoms with van der Waals surface area (Å²) in [5.74, 6) is 1.60. The molecule has 0 radical (unpaired) electrons. The first kappa shape index (κ1) is 19.7. The van der Waals surface area contributed by atoms with Crippen molar-refractivity contribution in [2.24, 2.45) is 0 Å². The Morgan fingerprint density at radius 1 is 0.857 bits per heavy atom. The Morgan fingerprint density at radius 3 is 2.00 bits per heavy atom. The van der Waals surface area contributed by atoms with Crippen LogP contribution in [0.3, 0.4) is 0 Å². The van der Waals surface area contributed by atoms with Gasteiger partial charge in [0.25, 0.3) is 5.91 Å². The molecule has 0 aromatic heterocycles. The van der Waals surface area contributed by atoms with E-state index in [0.29, 0.717) is 44.8 Å². The van der Waals surface area contributed by atoms with Crippen molar-refractivity contribution >= 4 is 11.8 Å². The monoisotopic (exact) mass is 382 g/mol. The van der Waals surface area contributed by atoms with Gasteiger partial charge in [0.1, 0.15) is 11.5 Å². The van der Waals surface area contributed by atoms with Gasteiger partial charge >= 0.3 is 0 Å². The topological polar surface area (TPSA) is 59.1 Å². The maximum atomic E-state index is 12.6. The fourth-order valence-corrected chi connectivity index (χ4v) is 3.23. The molecule has 2 amide bonds. The van der Waals surface area contributed by atoms with Gasteiger partial charge in [-0.2, -0.15) is 0 Å². The summed E-state index contributed by atoms with van der Waals surface area (Å²) in [6.07, 6.45) is 0.360. The Balaban J connectivity index is 1.51. The van der Waals surface area contributed by atoms with Gasteiger partial charge < -0.3 is 19.3 Å². The van der Waals surface area contributed by atoms with E-state index in [2.05, 4.69) is 0 Å².